The Morgan fingerprint density at radius 2 is 2.10 bits per heavy atom. The number of hydrogen-bond acceptors (Lipinski definition) is 7. The first-order valence-corrected chi connectivity index (χ1v) is 6.53. The maximum absolute atomic E-state index is 10.5. The maximum atomic E-state index is 10.5. The summed E-state index contributed by atoms with van der Waals surface area (Å²) in [5, 5.41) is 12.6. The van der Waals surface area contributed by atoms with E-state index in [0.717, 1.165) is 11.8 Å². The maximum Gasteiger partial charge on any atom is 0.314 e. The number of carbonyl (C=O) groups is 1. The average molecular weight is 296 g/mol. The van der Waals surface area contributed by atoms with Crippen LogP contribution in [0.15, 0.2) is 27.9 Å². The zero-order valence-corrected chi connectivity index (χ0v) is 11.6. The van der Waals surface area contributed by atoms with Crippen LogP contribution in [0.5, 0.6) is 11.5 Å². The molecule has 0 aliphatic rings. The third-order valence-corrected chi connectivity index (χ3v) is 3.17. The van der Waals surface area contributed by atoms with Crippen molar-refractivity contribution >= 4 is 17.7 Å². The van der Waals surface area contributed by atoms with Crippen molar-refractivity contribution in [2.24, 2.45) is 0 Å². The Morgan fingerprint density at radius 1 is 1.35 bits per heavy atom. The quantitative estimate of drug-likeness (QED) is 0.808. The predicted molar refractivity (Wildman–Crippen MR) is 71.2 cm³/mol. The van der Waals surface area contributed by atoms with E-state index in [0.29, 0.717) is 22.9 Å². The highest BCUT2D eigenvalue weighted by Gasteiger charge is 2.13. The number of rotatable bonds is 6. The molecule has 1 aromatic heterocycles. The largest absolute Gasteiger partial charge is 0.493 e. The molecule has 106 valence electrons. The molecule has 1 heterocycles. The molecule has 7 nitrogen and oxygen atoms in total. The predicted octanol–water partition coefficient (Wildman–Crippen LogP) is 1.93. The van der Waals surface area contributed by atoms with Gasteiger partial charge in [-0.2, -0.15) is 4.98 Å². The van der Waals surface area contributed by atoms with E-state index in [1.165, 1.54) is 7.11 Å². The molecule has 0 saturated heterocycles. The minimum atomic E-state index is -0.944. The number of benzene rings is 1. The molecular formula is C12H12N2O5S. The van der Waals surface area contributed by atoms with Crippen molar-refractivity contribution in [2.45, 2.75) is 5.22 Å². The fraction of sp³-hybridized carbons (Fsp3) is 0.250. The van der Waals surface area contributed by atoms with E-state index in [-0.39, 0.29) is 11.0 Å². The molecule has 1 aromatic carbocycles. The first-order chi connectivity index (χ1) is 9.63. The van der Waals surface area contributed by atoms with Gasteiger partial charge in [0.15, 0.2) is 11.5 Å². The van der Waals surface area contributed by atoms with Gasteiger partial charge in [-0.15, -0.1) is 0 Å². The van der Waals surface area contributed by atoms with Crippen molar-refractivity contribution in [3.05, 3.63) is 18.2 Å². The highest BCUT2D eigenvalue weighted by atomic mass is 32.2. The lowest BCUT2D eigenvalue weighted by molar-refractivity contribution is -0.133. The van der Waals surface area contributed by atoms with Crippen LogP contribution in [0.1, 0.15) is 0 Å². The summed E-state index contributed by atoms with van der Waals surface area (Å²) in [5.41, 5.74) is 0.688. The van der Waals surface area contributed by atoms with E-state index in [1.54, 1.807) is 25.3 Å². The summed E-state index contributed by atoms with van der Waals surface area (Å²) in [5.74, 6) is 0.433. The number of hydrogen-bond donors (Lipinski definition) is 1. The molecule has 0 saturated carbocycles. The lowest BCUT2D eigenvalue weighted by atomic mass is 10.2. The summed E-state index contributed by atoms with van der Waals surface area (Å²) in [6.45, 7) is 0. The lowest BCUT2D eigenvalue weighted by Gasteiger charge is -2.07. The SMILES string of the molecule is COc1ccc(-c2noc(SCC(=O)O)n2)cc1OC. The topological polar surface area (TPSA) is 94.7 Å². The summed E-state index contributed by atoms with van der Waals surface area (Å²) >= 11 is 0.966. The Hall–Kier alpha value is -2.22. The average Bonchev–Trinajstić information content (AvgIpc) is 2.93. The third-order valence-electron chi connectivity index (χ3n) is 2.37. The minimum absolute atomic E-state index is 0.131. The fourth-order valence-corrected chi connectivity index (χ4v) is 1.97. The Bertz CT molecular complexity index is 614. The van der Waals surface area contributed by atoms with Gasteiger partial charge in [0.05, 0.1) is 14.2 Å². The fourth-order valence-electron chi connectivity index (χ4n) is 1.48. The Morgan fingerprint density at radius 3 is 2.75 bits per heavy atom. The van der Waals surface area contributed by atoms with Crippen molar-refractivity contribution < 1.29 is 23.9 Å². The number of carboxylic acid groups (broad SMARTS) is 1. The van der Waals surface area contributed by atoms with Crippen LogP contribution in [0.3, 0.4) is 0 Å². The smallest absolute Gasteiger partial charge is 0.314 e. The molecule has 0 aliphatic carbocycles. The molecular weight excluding hydrogens is 284 g/mol. The number of ether oxygens (including phenoxy) is 2. The van der Waals surface area contributed by atoms with Crippen LogP contribution in [0.25, 0.3) is 11.4 Å². The Balaban J connectivity index is 2.21. The van der Waals surface area contributed by atoms with Gasteiger partial charge in [-0.25, -0.2) is 0 Å². The van der Waals surface area contributed by atoms with Crippen LogP contribution in [0.4, 0.5) is 0 Å². The molecule has 0 unspecified atom stereocenters. The second-order valence-electron chi connectivity index (χ2n) is 3.64. The second kappa shape index (κ2) is 6.29. The van der Waals surface area contributed by atoms with E-state index in [4.69, 9.17) is 19.1 Å². The lowest BCUT2D eigenvalue weighted by Crippen LogP contribution is -1.97. The van der Waals surface area contributed by atoms with Crippen LogP contribution >= 0.6 is 11.8 Å². The number of thioether (sulfide) groups is 1. The van der Waals surface area contributed by atoms with Crippen molar-refractivity contribution in [2.75, 3.05) is 20.0 Å². The number of nitrogens with zero attached hydrogens (tertiary/aromatic N) is 2. The summed E-state index contributed by atoms with van der Waals surface area (Å²) in [6.07, 6.45) is 0. The van der Waals surface area contributed by atoms with Gasteiger partial charge in [-0.05, 0) is 18.2 Å². The van der Waals surface area contributed by atoms with Crippen LogP contribution < -0.4 is 9.47 Å². The minimum Gasteiger partial charge on any atom is -0.493 e. The molecule has 8 heteroatoms. The van der Waals surface area contributed by atoms with Crippen molar-refractivity contribution in [1.29, 1.82) is 0 Å². The van der Waals surface area contributed by atoms with E-state index in [1.807, 2.05) is 0 Å². The van der Waals surface area contributed by atoms with Crippen LogP contribution in [0.2, 0.25) is 0 Å². The third kappa shape index (κ3) is 3.21. The molecule has 0 bridgehead atoms. The monoisotopic (exact) mass is 296 g/mol. The molecule has 0 fully saturated rings. The summed E-state index contributed by atoms with van der Waals surface area (Å²) in [4.78, 5) is 14.6. The number of carboxylic acids is 1. The highest BCUT2D eigenvalue weighted by molar-refractivity contribution is 7.99. The zero-order valence-electron chi connectivity index (χ0n) is 10.8. The number of aliphatic carboxylic acids is 1. The first-order valence-electron chi connectivity index (χ1n) is 5.54. The van der Waals surface area contributed by atoms with E-state index >= 15 is 0 Å². The van der Waals surface area contributed by atoms with Gasteiger partial charge in [0.25, 0.3) is 5.22 Å². The summed E-state index contributed by atoms with van der Waals surface area (Å²) < 4.78 is 15.3. The second-order valence-corrected chi connectivity index (χ2v) is 4.56. The normalized spacial score (nSPS) is 10.3. The van der Waals surface area contributed by atoms with Gasteiger partial charge in [-0.3, -0.25) is 4.79 Å². The highest BCUT2D eigenvalue weighted by Crippen LogP contribution is 2.31. The van der Waals surface area contributed by atoms with Crippen LogP contribution in [-0.4, -0.2) is 41.2 Å². The van der Waals surface area contributed by atoms with E-state index in [9.17, 15) is 4.79 Å². The van der Waals surface area contributed by atoms with Crippen LogP contribution in [-0.2, 0) is 4.79 Å². The molecule has 2 rings (SSSR count). The van der Waals surface area contributed by atoms with Gasteiger partial charge in [0.2, 0.25) is 5.82 Å². The van der Waals surface area contributed by atoms with E-state index in [2.05, 4.69) is 10.1 Å². The van der Waals surface area contributed by atoms with E-state index < -0.39 is 5.97 Å². The molecule has 2 aromatic rings. The molecule has 0 amide bonds. The molecule has 0 atom stereocenters. The Labute approximate surface area is 118 Å². The van der Waals surface area contributed by atoms with Gasteiger partial charge in [0, 0.05) is 5.56 Å². The standard InChI is InChI=1S/C12H12N2O5S/c1-17-8-4-3-7(5-9(8)18-2)11-13-12(19-14-11)20-6-10(15)16/h3-5H,6H2,1-2H3,(H,15,16). The molecule has 0 radical (unpaired) electrons. The van der Waals surface area contributed by atoms with Crippen molar-refractivity contribution in [1.82, 2.24) is 10.1 Å². The molecule has 20 heavy (non-hydrogen) atoms. The molecule has 0 aliphatic heterocycles. The Kier molecular flexibility index (Phi) is 4.46. The van der Waals surface area contributed by atoms with Gasteiger partial charge < -0.3 is 19.1 Å². The summed E-state index contributed by atoms with van der Waals surface area (Å²) in [6, 6.07) is 5.21. The van der Waals surface area contributed by atoms with Gasteiger partial charge >= 0.3 is 5.97 Å². The number of aromatic nitrogens is 2. The van der Waals surface area contributed by atoms with Crippen molar-refractivity contribution in [3.63, 3.8) is 0 Å². The number of methoxy groups -OCH3 is 2. The molecule has 1 N–H and O–H groups in total. The van der Waals surface area contributed by atoms with Crippen molar-refractivity contribution in [3.8, 4) is 22.9 Å². The summed E-state index contributed by atoms with van der Waals surface area (Å²) in [7, 11) is 3.08. The van der Waals surface area contributed by atoms with Gasteiger partial charge in [0.1, 0.15) is 5.75 Å². The zero-order chi connectivity index (χ0) is 14.5. The molecule has 0 spiro atoms. The van der Waals surface area contributed by atoms with Gasteiger partial charge in [-0.1, -0.05) is 16.9 Å². The first kappa shape index (κ1) is 14.2. The van der Waals surface area contributed by atoms with Crippen LogP contribution in [0, 0.1) is 0 Å².